The van der Waals surface area contributed by atoms with E-state index in [1.54, 1.807) is 25.3 Å². The van der Waals surface area contributed by atoms with Crippen LogP contribution in [0.1, 0.15) is 18.1 Å². The molecule has 148 valence electrons. The molecule has 1 aliphatic heterocycles. The zero-order valence-corrected chi connectivity index (χ0v) is 16.8. The first-order valence-electron chi connectivity index (χ1n) is 9.69. The number of nitriles is 1. The highest BCUT2D eigenvalue weighted by molar-refractivity contribution is 5.87. The number of hydrogen-bond acceptors (Lipinski definition) is 4. The Labute approximate surface area is 175 Å². The standard InChI is InChI=1S/C25H20FN3O/c1-16-12-24(30-11-9-27)21-14-18(6-8-23(21)29-15-16)20-4-3-10-28-25(20)19-5-7-22(26)17(2)13-19/h3-8,10,12-16H,11H2,1-2H3. The minimum Gasteiger partial charge on any atom is -0.478 e. The Morgan fingerprint density at radius 1 is 1.10 bits per heavy atom. The molecule has 30 heavy (non-hydrogen) atoms. The number of aryl methyl sites for hydroxylation is 1. The maximum absolute atomic E-state index is 13.8. The number of allylic oxidation sites excluding steroid dienone is 1. The van der Waals surface area contributed by atoms with E-state index in [1.165, 1.54) is 6.07 Å². The van der Waals surface area contributed by atoms with E-state index in [2.05, 4.69) is 9.98 Å². The van der Waals surface area contributed by atoms with Crippen LogP contribution in [0.25, 0.3) is 28.1 Å². The summed E-state index contributed by atoms with van der Waals surface area (Å²) in [7, 11) is 0. The molecule has 1 unspecified atom stereocenters. The first kappa shape index (κ1) is 19.5. The second-order valence-electron chi connectivity index (χ2n) is 7.21. The molecular formula is C25H20FN3O. The van der Waals surface area contributed by atoms with Crippen molar-refractivity contribution >= 4 is 17.7 Å². The molecule has 4 nitrogen and oxygen atoms in total. The highest BCUT2D eigenvalue weighted by Crippen LogP contribution is 2.37. The van der Waals surface area contributed by atoms with Crippen LogP contribution in [0.4, 0.5) is 10.1 Å². The summed E-state index contributed by atoms with van der Waals surface area (Å²) < 4.78 is 19.5. The molecule has 5 heteroatoms. The molecule has 1 atom stereocenters. The number of aromatic nitrogens is 1. The lowest BCUT2D eigenvalue weighted by Gasteiger charge is -2.14. The van der Waals surface area contributed by atoms with Gasteiger partial charge in [0, 0.05) is 35.0 Å². The monoisotopic (exact) mass is 397 g/mol. The van der Waals surface area contributed by atoms with Gasteiger partial charge < -0.3 is 4.74 Å². The van der Waals surface area contributed by atoms with Crippen LogP contribution in [0.3, 0.4) is 0 Å². The van der Waals surface area contributed by atoms with Gasteiger partial charge in [-0.25, -0.2) is 4.39 Å². The van der Waals surface area contributed by atoms with Crippen LogP contribution in [0.2, 0.25) is 0 Å². The van der Waals surface area contributed by atoms with Crippen molar-refractivity contribution in [3.05, 3.63) is 77.7 Å². The summed E-state index contributed by atoms with van der Waals surface area (Å²) >= 11 is 0. The van der Waals surface area contributed by atoms with Gasteiger partial charge in [-0.2, -0.15) is 5.26 Å². The van der Waals surface area contributed by atoms with Crippen molar-refractivity contribution in [2.24, 2.45) is 10.9 Å². The number of aliphatic imine (C=N–C) groups is 1. The fraction of sp³-hybridized carbons (Fsp3) is 0.160. The molecule has 0 bridgehead atoms. The third-order valence-electron chi connectivity index (χ3n) is 4.97. The molecule has 0 saturated heterocycles. The Morgan fingerprint density at radius 3 is 2.73 bits per heavy atom. The molecule has 0 spiro atoms. The van der Waals surface area contributed by atoms with Gasteiger partial charge in [-0.3, -0.25) is 9.98 Å². The Bertz CT molecular complexity index is 1210. The van der Waals surface area contributed by atoms with Crippen LogP contribution in [-0.2, 0) is 4.74 Å². The maximum Gasteiger partial charge on any atom is 0.174 e. The fourth-order valence-electron chi connectivity index (χ4n) is 3.48. The summed E-state index contributed by atoms with van der Waals surface area (Å²) in [5.74, 6) is 0.491. The van der Waals surface area contributed by atoms with Crippen molar-refractivity contribution in [1.29, 1.82) is 5.26 Å². The Kier molecular flexibility index (Phi) is 5.40. The van der Waals surface area contributed by atoms with Crippen LogP contribution in [0, 0.1) is 30.0 Å². The summed E-state index contributed by atoms with van der Waals surface area (Å²) in [6.07, 6.45) is 5.55. The minimum absolute atomic E-state index is 0.0325. The first-order chi connectivity index (χ1) is 14.6. The molecule has 1 aliphatic rings. The third-order valence-corrected chi connectivity index (χ3v) is 4.97. The molecule has 1 aromatic heterocycles. The number of pyridine rings is 1. The molecule has 2 heterocycles. The minimum atomic E-state index is -0.238. The van der Waals surface area contributed by atoms with Crippen molar-refractivity contribution in [3.8, 4) is 28.5 Å². The lowest BCUT2D eigenvalue weighted by Crippen LogP contribution is -1.97. The van der Waals surface area contributed by atoms with E-state index in [0.29, 0.717) is 11.3 Å². The van der Waals surface area contributed by atoms with Gasteiger partial charge in [0.1, 0.15) is 17.6 Å². The predicted molar refractivity (Wildman–Crippen MR) is 117 cm³/mol. The van der Waals surface area contributed by atoms with Gasteiger partial charge in [0.05, 0.1) is 11.4 Å². The molecule has 0 fully saturated rings. The van der Waals surface area contributed by atoms with Crippen molar-refractivity contribution < 1.29 is 9.13 Å². The SMILES string of the molecule is Cc1cc(-c2ncccc2-c2ccc3c(c2)C(OCC#N)=CC(C)C=N3)ccc1F. The van der Waals surface area contributed by atoms with Crippen LogP contribution < -0.4 is 0 Å². The number of benzene rings is 2. The molecule has 2 aromatic carbocycles. The summed E-state index contributed by atoms with van der Waals surface area (Å²) in [6.45, 7) is 3.73. The second kappa shape index (κ2) is 8.30. The Balaban J connectivity index is 1.84. The van der Waals surface area contributed by atoms with Crippen LogP contribution in [-0.4, -0.2) is 17.8 Å². The number of fused-ring (bicyclic) bond motifs is 1. The van der Waals surface area contributed by atoms with E-state index in [1.807, 2.05) is 55.6 Å². The van der Waals surface area contributed by atoms with Crippen molar-refractivity contribution in [3.63, 3.8) is 0 Å². The normalized spacial score (nSPS) is 15.0. The second-order valence-corrected chi connectivity index (χ2v) is 7.21. The molecule has 3 aromatic rings. The molecule has 0 N–H and O–H groups in total. The third kappa shape index (κ3) is 3.85. The average molecular weight is 397 g/mol. The van der Waals surface area contributed by atoms with Gasteiger partial charge in [-0.1, -0.05) is 19.1 Å². The van der Waals surface area contributed by atoms with Gasteiger partial charge in [-0.15, -0.1) is 0 Å². The zero-order chi connectivity index (χ0) is 21.1. The van der Waals surface area contributed by atoms with Crippen LogP contribution in [0.15, 0.2) is 65.8 Å². The van der Waals surface area contributed by atoms with E-state index in [-0.39, 0.29) is 18.3 Å². The van der Waals surface area contributed by atoms with Gasteiger partial charge in [0.15, 0.2) is 6.61 Å². The van der Waals surface area contributed by atoms with Crippen molar-refractivity contribution in [1.82, 2.24) is 4.98 Å². The van der Waals surface area contributed by atoms with E-state index in [0.717, 1.165) is 33.6 Å². The highest BCUT2D eigenvalue weighted by atomic mass is 19.1. The number of ether oxygens (including phenoxy) is 1. The van der Waals surface area contributed by atoms with Crippen LogP contribution in [0.5, 0.6) is 0 Å². The van der Waals surface area contributed by atoms with Crippen LogP contribution >= 0.6 is 0 Å². The number of hydrogen-bond donors (Lipinski definition) is 0. The van der Waals surface area contributed by atoms with Gasteiger partial charge in [0.2, 0.25) is 0 Å². The quantitative estimate of drug-likeness (QED) is 0.535. The van der Waals surface area contributed by atoms with E-state index >= 15 is 0 Å². The molecule has 0 aliphatic carbocycles. The Hall–Kier alpha value is -3.78. The topological polar surface area (TPSA) is 58.3 Å². The average Bonchev–Trinajstić information content (AvgIpc) is 2.92. The van der Waals surface area contributed by atoms with E-state index in [9.17, 15) is 4.39 Å². The zero-order valence-electron chi connectivity index (χ0n) is 16.8. The van der Waals surface area contributed by atoms with Crippen molar-refractivity contribution in [2.75, 3.05) is 6.61 Å². The van der Waals surface area contributed by atoms with E-state index in [4.69, 9.17) is 10.00 Å². The molecule has 0 saturated carbocycles. The maximum atomic E-state index is 13.8. The fourth-order valence-corrected chi connectivity index (χ4v) is 3.48. The number of halogens is 1. The molecular weight excluding hydrogens is 377 g/mol. The summed E-state index contributed by atoms with van der Waals surface area (Å²) in [5.41, 5.74) is 5.67. The van der Waals surface area contributed by atoms with E-state index < -0.39 is 0 Å². The molecule has 0 radical (unpaired) electrons. The van der Waals surface area contributed by atoms with Gasteiger partial charge >= 0.3 is 0 Å². The summed E-state index contributed by atoms with van der Waals surface area (Å²) in [4.78, 5) is 9.13. The smallest absolute Gasteiger partial charge is 0.174 e. The summed E-state index contributed by atoms with van der Waals surface area (Å²) in [6, 6.07) is 16.8. The number of rotatable bonds is 4. The first-order valence-corrected chi connectivity index (χ1v) is 9.69. The van der Waals surface area contributed by atoms with Gasteiger partial charge in [-0.05, 0) is 60.5 Å². The molecule has 0 amide bonds. The predicted octanol–water partition coefficient (Wildman–Crippen LogP) is 6.10. The Morgan fingerprint density at radius 2 is 1.93 bits per heavy atom. The highest BCUT2D eigenvalue weighted by Gasteiger charge is 2.17. The van der Waals surface area contributed by atoms with Crippen molar-refractivity contribution in [2.45, 2.75) is 13.8 Å². The lowest BCUT2D eigenvalue weighted by atomic mass is 9.96. The van der Waals surface area contributed by atoms with Gasteiger partial charge in [0.25, 0.3) is 0 Å². The lowest BCUT2D eigenvalue weighted by molar-refractivity contribution is 0.323. The summed E-state index contributed by atoms with van der Waals surface area (Å²) in [5, 5.41) is 8.95. The molecule has 4 rings (SSSR count). The number of nitrogens with zero attached hydrogens (tertiary/aromatic N) is 3. The largest absolute Gasteiger partial charge is 0.478 e.